The lowest BCUT2D eigenvalue weighted by Crippen LogP contribution is -2.45. The highest BCUT2D eigenvalue weighted by molar-refractivity contribution is 9.10. The van der Waals surface area contributed by atoms with E-state index < -0.39 is 0 Å². The van der Waals surface area contributed by atoms with Gasteiger partial charge in [-0.15, -0.1) is 0 Å². The van der Waals surface area contributed by atoms with Crippen LogP contribution in [0, 0.1) is 0 Å². The van der Waals surface area contributed by atoms with Gasteiger partial charge in [-0.2, -0.15) is 0 Å². The van der Waals surface area contributed by atoms with E-state index in [1.54, 1.807) is 0 Å². The smallest absolute Gasteiger partial charge is 0.0824 e. The monoisotopic (exact) mass is 285 g/mol. The molecule has 2 rings (SSSR count). The Kier molecular flexibility index (Phi) is 4.29. The minimum Gasteiger partial charge on any atom is -0.374 e. The maximum absolute atomic E-state index is 5.61. The van der Waals surface area contributed by atoms with Crippen molar-refractivity contribution in [3.8, 4) is 0 Å². The van der Waals surface area contributed by atoms with E-state index >= 15 is 0 Å². The largest absolute Gasteiger partial charge is 0.374 e. The number of halogens is 1. The van der Waals surface area contributed by atoms with Crippen LogP contribution in [0.2, 0.25) is 0 Å². The van der Waals surface area contributed by atoms with Crippen LogP contribution in [0.5, 0.6) is 0 Å². The topological polar surface area (TPSA) is 51.4 Å². The second-order valence-electron chi connectivity index (χ2n) is 3.93. The normalized spacial score (nSPS) is 22.2. The van der Waals surface area contributed by atoms with Crippen molar-refractivity contribution in [2.24, 2.45) is 5.73 Å². The standard InChI is InChI=1S/C11H16BrN3O/c12-9-1-2-10(14-6-9)7-15-3-4-16-11(5-13)8-15/h1-2,6,11H,3-5,7-8,13H2. The van der Waals surface area contributed by atoms with Gasteiger partial charge in [-0.1, -0.05) is 0 Å². The van der Waals surface area contributed by atoms with Gasteiger partial charge in [0.2, 0.25) is 0 Å². The lowest BCUT2D eigenvalue weighted by molar-refractivity contribution is -0.0264. The molecule has 0 aromatic carbocycles. The molecule has 0 saturated carbocycles. The van der Waals surface area contributed by atoms with Gasteiger partial charge in [0.1, 0.15) is 0 Å². The first-order chi connectivity index (χ1) is 7.78. The van der Waals surface area contributed by atoms with Gasteiger partial charge in [-0.25, -0.2) is 0 Å². The first kappa shape index (κ1) is 12.0. The maximum Gasteiger partial charge on any atom is 0.0824 e. The molecule has 0 spiro atoms. The zero-order valence-corrected chi connectivity index (χ0v) is 10.7. The van der Waals surface area contributed by atoms with Crippen LogP contribution in [0.25, 0.3) is 0 Å². The highest BCUT2D eigenvalue weighted by Gasteiger charge is 2.19. The molecule has 5 heteroatoms. The summed E-state index contributed by atoms with van der Waals surface area (Å²) in [7, 11) is 0. The summed E-state index contributed by atoms with van der Waals surface area (Å²) < 4.78 is 6.53. The van der Waals surface area contributed by atoms with Crippen LogP contribution < -0.4 is 5.73 Å². The quantitative estimate of drug-likeness (QED) is 0.901. The van der Waals surface area contributed by atoms with E-state index in [0.717, 1.165) is 36.4 Å². The number of nitrogens with two attached hydrogens (primary N) is 1. The average molecular weight is 286 g/mol. The van der Waals surface area contributed by atoms with E-state index in [9.17, 15) is 0 Å². The number of hydrogen-bond donors (Lipinski definition) is 1. The summed E-state index contributed by atoms with van der Waals surface area (Å²) in [5.74, 6) is 0. The molecule has 1 atom stereocenters. The van der Waals surface area contributed by atoms with E-state index in [0.29, 0.717) is 6.54 Å². The summed E-state index contributed by atoms with van der Waals surface area (Å²) in [5.41, 5.74) is 6.69. The molecule has 2 heterocycles. The van der Waals surface area contributed by atoms with Crippen molar-refractivity contribution < 1.29 is 4.74 Å². The molecule has 16 heavy (non-hydrogen) atoms. The Labute approximate surface area is 104 Å². The number of nitrogens with zero attached hydrogens (tertiary/aromatic N) is 2. The third-order valence-electron chi connectivity index (χ3n) is 2.66. The Hall–Kier alpha value is -0.490. The average Bonchev–Trinajstić information content (AvgIpc) is 2.32. The van der Waals surface area contributed by atoms with E-state index in [-0.39, 0.29) is 6.10 Å². The fourth-order valence-corrected chi connectivity index (χ4v) is 2.03. The Morgan fingerprint density at radius 2 is 2.44 bits per heavy atom. The lowest BCUT2D eigenvalue weighted by atomic mass is 10.2. The molecular weight excluding hydrogens is 270 g/mol. The molecule has 1 aromatic rings. The second-order valence-corrected chi connectivity index (χ2v) is 4.85. The van der Waals surface area contributed by atoms with Crippen LogP contribution in [0.3, 0.4) is 0 Å². The van der Waals surface area contributed by atoms with Crippen molar-refractivity contribution in [1.29, 1.82) is 0 Å². The first-order valence-electron chi connectivity index (χ1n) is 5.42. The molecule has 0 radical (unpaired) electrons. The van der Waals surface area contributed by atoms with Crippen LogP contribution in [0.15, 0.2) is 22.8 Å². The lowest BCUT2D eigenvalue weighted by Gasteiger charge is -2.31. The third kappa shape index (κ3) is 3.25. The highest BCUT2D eigenvalue weighted by Crippen LogP contribution is 2.11. The van der Waals surface area contributed by atoms with Gasteiger partial charge in [-0.05, 0) is 28.1 Å². The molecule has 1 saturated heterocycles. The molecule has 1 aromatic heterocycles. The Bertz CT molecular complexity index is 331. The van der Waals surface area contributed by atoms with Crippen LogP contribution in [0.1, 0.15) is 5.69 Å². The van der Waals surface area contributed by atoms with Crippen LogP contribution in [-0.4, -0.2) is 42.2 Å². The number of rotatable bonds is 3. The number of aromatic nitrogens is 1. The van der Waals surface area contributed by atoms with Gasteiger partial charge in [-0.3, -0.25) is 9.88 Å². The molecule has 0 bridgehead atoms. The summed E-state index contributed by atoms with van der Waals surface area (Å²) >= 11 is 3.38. The summed E-state index contributed by atoms with van der Waals surface area (Å²) in [6.07, 6.45) is 2.00. The molecule has 1 aliphatic rings. The molecule has 1 fully saturated rings. The van der Waals surface area contributed by atoms with Crippen molar-refractivity contribution in [2.45, 2.75) is 12.6 Å². The predicted octanol–water partition coefficient (Wildman–Crippen LogP) is 1.00. The van der Waals surface area contributed by atoms with Gasteiger partial charge in [0, 0.05) is 36.8 Å². The molecule has 4 nitrogen and oxygen atoms in total. The Morgan fingerprint density at radius 1 is 1.56 bits per heavy atom. The van der Waals surface area contributed by atoms with Crippen molar-refractivity contribution in [1.82, 2.24) is 9.88 Å². The molecule has 1 unspecified atom stereocenters. The second kappa shape index (κ2) is 5.72. The molecule has 0 aliphatic carbocycles. The van der Waals surface area contributed by atoms with Gasteiger partial charge in [0.25, 0.3) is 0 Å². The van der Waals surface area contributed by atoms with E-state index in [4.69, 9.17) is 10.5 Å². The molecule has 0 amide bonds. The number of ether oxygens (including phenoxy) is 1. The predicted molar refractivity (Wildman–Crippen MR) is 66.0 cm³/mol. The van der Waals surface area contributed by atoms with Crippen molar-refractivity contribution in [2.75, 3.05) is 26.2 Å². The minimum atomic E-state index is 0.171. The van der Waals surface area contributed by atoms with Crippen molar-refractivity contribution >= 4 is 15.9 Å². The van der Waals surface area contributed by atoms with Gasteiger partial charge < -0.3 is 10.5 Å². The van der Waals surface area contributed by atoms with Gasteiger partial charge in [0.15, 0.2) is 0 Å². The SMILES string of the molecule is NCC1CN(Cc2ccc(Br)cn2)CCO1. The summed E-state index contributed by atoms with van der Waals surface area (Å²) in [6, 6.07) is 4.06. The summed E-state index contributed by atoms with van der Waals surface area (Å²) in [6.45, 7) is 4.07. The molecule has 1 aliphatic heterocycles. The Morgan fingerprint density at radius 3 is 3.12 bits per heavy atom. The van der Waals surface area contributed by atoms with Crippen molar-refractivity contribution in [3.05, 3.63) is 28.5 Å². The first-order valence-corrected chi connectivity index (χ1v) is 6.21. The zero-order chi connectivity index (χ0) is 11.4. The highest BCUT2D eigenvalue weighted by atomic mass is 79.9. The Balaban J connectivity index is 1.91. The number of hydrogen-bond acceptors (Lipinski definition) is 4. The molecule has 2 N–H and O–H groups in total. The van der Waals surface area contributed by atoms with Crippen molar-refractivity contribution in [3.63, 3.8) is 0 Å². The van der Waals surface area contributed by atoms with Gasteiger partial charge in [0.05, 0.1) is 18.4 Å². The summed E-state index contributed by atoms with van der Waals surface area (Å²) in [5, 5.41) is 0. The molecule has 88 valence electrons. The fraction of sp³-hybridized carbons (Fsp3) is 0.545. The van der Waals surface area contributed by atoms with E-state index in [1.807, 2.05) is 18.3 Å². The van der Waals surface area contributed by atoms with Gasteiger partial charge >= 0.3 is 0 Å². The van der Waals surface area contributed by atoms with E-state index in [2.05, 4.69) is 25.8 Å². The summed E-state index contributed by atoms with van der Waals surface area (Å²) in [4.78, 5) is 6.69. The number of morpholine rings is 1. The minimum absolute atomic E-state index is 0.171. The number of pyridine rings is 1. The van der Waals surface area contributed by atoms with Crippen LogP contribution in [0.4, 0.5) is 0 Å². The molecular formula is C11H16BrN3O. The third-order valence-corrected chi connectivity index (χ3v) is 3.13. The maximum atomic E-state index is 5.61. The van der Waals surface area contributed by atoms with E-state index in [1.165, 1.54) is 0 Å². The van der Waals surface area contributed by atoms with Crippen LogP contribution in [-0.2, 0) is 11.3 Å². The zero-order valence-electron chi connectivity index (χ0n) is 9.10. The van der Waals surface area contributed by atoms with Crippen LogP contribution >= 0.6 is 15.9 Å². The fourth-order valence-electron chi connectivity index (χ4n) is 1.80.